The molecule has 0 spiro atoms. The van der Waals surface area contributed by atoms with Crippen molar-refractivity contribution in [2.75, 3.05) is 5.33 Å². The summed E-state index contributed by atoms with van der Waals surface area (Å²) >= 11 is 3.24. The first-order valence-corrected chi connectivity index (χ1v) is 14.8. The Balaban J connectivity index is 1.45. The third kappa shape index (κ3) is 4.50. The number of hydrogen-bond donors (Lipinski definition) is 0. The molecular formula is C29H47BrO2. The van der Waals surface area contributed by atoms with Crippen molar-refractivity contribution in [2.24, 2.45) is 46.3 Å². The molecule has 0 amide bonds. The van der Waals surface area contributed by atoms with Crippen LogP contribution < -0.4 is 0 Å². The molecule has 3 heteroatoms. The quantitative estimate of drug-likeness (QED) is 0.197. The second-order valence-corrected chi connectivity index (χ2v) is 13.3. The van der Waals surface area contributed by atoms with Crippen molar-refractivity contribution >= 4 is 21.9 Å². The number of carbonyl (C=O) groups excluding carboxylic acids is 1. The number of alkyl halides is 1. The highest BCUT2D eigenvalue weighted by atomic mass is 79.9. The fourth-order valence-corrected chi connectivity index (χ4v) is 9.10. The van der Waals surface area contributed by atoms with Gasteiger partial charge in [-0.25, -0.2) is 0 Å². The summed E-state index contributed by atoms with van der Waals surface area (Å²) in [5.74, 6) is 5.16. The summed E-state index contributed by atoms with van der Waals surface area (Å²) in [7, 11) is 0. The summed E-state index contributed by atoms with van der Waals surface area (Å²) < 4.78 is 5.72. The van der Waals surface area contributed by atoms with Crippen LogP contribution in [0, 0.1) is 46.3 Å². The number of rotatable bonds is 7. The van der Waals surface area contributed by atoms with Crippen molar-refractivity contribution < 1.29 is 9.53 Å². The molecule has 4 rings (SSSR count). The molecule has 182 valence electrons. The topological polar surface area (TPSA) is 26.3 Å². The zero-order chi connectivity index (χ0) is 23.1. The van der Waals surface area contributed by atoms with Gasteiger partial charge < -0.3 is 4.74 Å². The minimum absolute atomic E-state index is 0.0901. The highest BCUT2D eigenvalue weighted by molar-refractivity contribution is 9.09. The fourth-order valence-electron chi connectivity index (χ4n) is 8.97. The zero-order valence-electron chi connectivity index (χ0n) is 21.3. The van der Waals surface area contributed by atoms with Crippen molar-refractivity contribution in [3.8, 4) is 0 Å². The molecule has 0 aromatic heterocycles. The van der Waals surface area contributed by atoms with E-state index < -0.39 is 0 Å². The van der Waals surface area contributed by atoms with E-state index in [4.69, 9.17) is 4.74 Å². The van der Waals surface area contributed by atoms with Crippen LogP contribution in [-0.2, 0) is 9.53 Å². The van der Waals surface area contributed by atoms with Gasteiger partial charge in [0, 0.05) is 6.42 Å². The van der Waals surface area contributed by atoms with Crippen LogP contribution >= 0.6 is 15.9 Å². The summed E-state index contributed by atoms with van der Waals surface area (Å²) in [6, 6.07) is 0. The Kier molecular flexibility index (Phi) is 7.55. The lowest BCUT2D eigenvalue weighted by atomic mass is 9.47. The molecule has 0 aromatic carbocycles. The van der Waals surface area contributed by atoms with Gasteiger partial charge in [0.25, 0.3) is 0 Å². The third-order valence-electron chi connectivity index (χ3n) is 10.7. The van der Waals surface area contributed by atoms with Crippen molar-refractivity contribution in [1.82, 2.24) is 0 Å². The smallest absolute Gasteiger partial charge is 0.316 e. The van der Waals surface area contributed by atoms with Crippen LogP contribution in [0.15, 0.2) is 11.6 Å². The molecule has 0 aliphatic heterocycles. The van der Waals surface area contributed by atoms with Gasteiger partial charge in [-0.2, -0.15) is 0 Å². The first kappa shape index (κ1) is 24.8. The molecule has 2 nitrogen and oxygen atoms in total. The number of fused-ring (bicyclic) bond motifs is 5. The summed E-state index contributed by atoms with van der Waals surface area (Å²) in [5, 5.41) is 0.307. The molecule has 0 heterocycles. The zero-order valence-corrected chi connectivity index (χ0v) is 22.9. The maximum atomic E-state index is 11.8. The Labute approximate surface area is 205 Å². The second kappa shape index (κ2) is 9.74. The molecule has 0 bridgehead atoms. The lowest BCUT2D eigenvalue weighted by molar-refractivity contribution is -0.148. The maximum Gasteiger partial charge on any atom is 0.316 e. The minimum atomic E-state index is -0.110. The summed E-state index contributed by atoms with van der Waals surface area (Å²) in [6.07, 6.45) is 17.1. The maximum absolute atomic E-state index is 11.8. The molecule has 0 N–H and O–H groups in total. The molecule has 4 aliphatic rings. The Morgan fingerprint density at radius 3 is 2.59 bits per heavy atom. The molecule has 8 atom stereocenters. The van der Waals surface area contributed by atoms with Crippen LogP contribution in [0.2, 0.25) is 0 Å². The number of allylic oxidation sites excluding steroid dienone is 1. The van der Waals surface area contributed by atoms with E-state index in [1.54, 1.807) is 5.57 Å². The van der Waals surface area contributed by atoms with E-state index in [1.807, 2.05) is 0 Å². The van der Waals surface area contributed by atoms with Gasteiger partial charge in [-0.05, 0) is 91.3 Å². The lowest BCUT2D eigenvalue weighted by Gasteiger charge is -2.58. The number of carbonyl (C=O) groups is 1. The fraction of sp³-hybridized carbons (Fsp3) is 0.897. The Morgan fingerprint density at radius 1 is 1.09 bits per heavy atom. The molecule has 1 unspecified atom stereocenters. The van der Waals surface area contributed by atoms with Gasteiger partial charge in [-0.15, -0.1) is 0 Å². The van der Waals surface area contributed by atoms with Crippen LogP contribution in [0.3, 0.4) is 0 Å². The minimum Gasteiger partial charge on any atom is -0.461 e. The van der Waals surface area contributed by atoms with Crippen LogP contribution in [0.25, 0.3) is 0 Å². The first-order valence-electron chi connectivity index (χ1n) is 13.6. The summed E-state index contributed by atoms with van der Waals surface area (Å²) in [6.45, 7) is 12.5. The van der Waals surface area contributed by atoms with Crippen LogP contribution in [0.1, 0.15) is 105 Å². The Hall–Kier alpha value is -0.310. The van der Waals surface area contributed by atoms with Gasteiger partial charge in [0.1, 0.15) is 11.4 Å². The SMILES string of the molecule is CC(C)CCC[C@@H](C)[C@H]1CC[C@H]2[C@@H]3CC=C4CC(OC(=O)CBr)CC[C@]4(C)[C@H]3CC[C@]12C. The second-order valence-electron chi connectivity index (χ2n) is 12.8. The normalized spacial score (nSPS) is 42.0. The molecule has 3 saturated carbocycles. The Bertz CT molecular complexity index is 714. The summed E-state index contributed by atoms with van der Waals surface area (Å²) in [4.78, 5) is 11.8. The standard InChI is InChI=1S/C29H47BrO2/c1-19(2)7-6-8-20(3)24-11-12-25-23-10-9-21-17-22(32-27(31)18-30)13-15-28(21,4)26(23)14-16-29(24,25)5/h9,19-20,22-26H,6-8,10-18H2,1-5H3/t20-,22?,23+,24-,25+,26+,28+,29-/m1/s1. The van der Waals surface area contributed by atoms with Crippen molar-refractivity contribution in [1.29, 1.82) is 0 Å². The molecule has 4 aliphatic carbocycles. The summed E-state index contributed by atoms with van der Waals surface area (Å²) in [5.41, 5.74) is 2.50. The van der Waals surface area contributed by atoms with E-state index in [0.717, 1.165) is 48.3 Å². The predicted octanol–water partition coefficient (Wildman–Crippen LogP) is 8.33. The third-order valence-corrected chi connectivity index (χ3v) is 11.1. The average Bonchev–Trinajstić information content (AvgIpc) is 3.11. The van der Waals surface area contributed by atoms with E-state index in [1.165, 1.54) is 57.8 Å². The highest BCUT2D eigenvalue weighted by Gasteiger charge is 2.59. The lowest BCUT2D eigenvalue weighted by Crippen LogP contribution is -2.51. The van der Waals surface area contributed by atoms with Crippen molar-refractivity contribution in [3.63, 3.8) is 0 Å². The van der Waals surface area contributed by atoms with Gasteiger partial charge in [-0.1, -0.05) is 81.5 Å². The van der Waals surface area contributed by atoms with Gasteiger partial charge in [-0.3, -0.25) is 4.79 Å². The van der Waals surface area contributed by atoms with Crippen LogP contribution in [0.4, 0.5) is 0 Å². The van der Waals surface area contributed by atoms with Crippen LogP contribution in [-0.4, -0.2) is 17.4 Å². The molecule has 3 fully saturated rings. The van der Waals surface area contributed by atoms with Gasteiger partial charge in [0.2, 0.25) is 0 Å². The number of halogens is 1. The van der Waals surface area contributed by atoms with Gasteiger partial charge in [0.15, 0.2) is 0 Å². The van der Waals surface area contributed by atoms with Gasteiger partial charge >= 0.3 is 5.97 Å². The molecular weight excluding hydrogens is 460 g/mol. The van der Waals surface area contributed by atoms with E-state index in [2.05, 4.69) is 56.6 Å². The molecule has 0 radical (unpaired) electrons. The number of esters is 1. The van der Waals surface area contributed by atoms with Crippen molar-refractivity contribution in [3.05, 3.63) is 11.6 Å². The molecule has 0 aromatic rings. The number of hydrogen-bond acceptors (Lipinski definition) is 2. The average molecular weight is 508 g/mol. The van der Waals surface area contributed by atoms with E-state index in [9.17, 15) is 4.79 Å². The first-order chi connectivity index (χ1) is 15.2. The van der Waals surface area contributed by atoms with E-state index in [0.29, 0.717) is 16.2 Å². The van der Waals surface area contributed by atoms with Crippen molar-refractivity contribution in [2.45, 2.75) is 111 Å². The highest BCUT2D eigenvalue weighted by Crippen LogP contribution is 2.67. The van der Waals surface area contributed by atoms with E-state index in [-0.39, 0.29) is 12.1 Å². The number of ether oxygens (including phenoxy) is 1. The monoisotopic (exact) mass is 506 g/mol. The molecule has 0 saturated heterocycles. The largest absolute Gasteiger partial charge is 0.461 e. The Morgan fingerprint density at radius 2 is 1.88 bits per heavy atom. The van der Waals surface area contributed by atoms with E-state index >= 15 is 0 Å². The predicted molar refractivity (Wildman–Crippen MR) is 137 cm³/mol. The van der Waals surface area contributed by atoms with Crippen LogP contribution in [0.5, 0.6) is 0 Å². The molecule has 32 heavy (non-hydrogen) atoms. The van der Waals surface area contributed by atoms with Gasteiger partial charge in [0.05, 0.1) is 0 Å².